The minimum Gasteiger partial charge on any atom is -0.490 e. The molecule has 1 N–H and O–H groups in total. The third-order valence-electron chi connectivity index (χ3n) is 4.46. The predicted molar refractivity (Wildman–Crippen MR) is 127 cm³/mol. The van der Waals surface area contributed by atoms with E-state index in [-0.39, 0.29) is 11.5 Å². The molecule has 3 rings (SSSR count). The highest BCUT2D eigenvalue weighted by atomic mass is 32.2. The van der Waals surface area contributed by atoms with Crippen LogP contribution in [0.4, 0.5) is 5.69 Å². The van der Waals surface area contributed by atoms with E-state index in [2.05, 4.69) is 18.8 Å². The summed E-state index contributed by atoms with van der Waals surface area (Å²) in [5.74, 6) is 0.489. The fourth-order valence-corrected chi connectivity index (χ4v) is 3.87. The number of amidine groups is 1. The molecule has 1 saturated heterocycles. The van der Waals surface area contributed by atoms with Crippen LogP contribution in [0.1, 0.15) is 36.7 Å². The van der Waals surface area contributed by atoms with Crippen LogP contribution in [0.15, 0.2) is 52.4 Å². The van der Waals surface area contributed by atoms with E-state index in [1.54, 1.807) is 25.3 Å². The van der Waals surface area contributed by atoms with Crippen LogP contribution in [0.5, 0.6) is 11.5 Å². The number of carbonyl (C=O) groups excluding carboxylic acids is 1. The van der Waals surface area contributed by atoms with Gasteiger partial charge in [0.15, 0.2) is 16.7 Å². The number of aliphatic imine (C=N–C) groups is 1. The van der Waals surface area contributed by atoms with Crippen molar-refractivity contribution >= 4 is 40.6 Å². The Balaban J connectivity index is 1.86. The van der Waals surface area contributed by atoms with Crippen LogP contribution in [-0.2, 0) is 4.79 Å². The second-order valence-electron chi connectivity index (χ2n) is 7.57. The number of carbonyl (C=O) groups is 2. The largest absolute Gasteiger partial charge is 0.490 e. The summed E-state index contributed by atoms with van der Waals surface area (Å²) < 4.78 is 11.6. The monoisotopic (exact) mass is 454 g/mol. The molecule has 1 amide bonds. The predicted octanol–water partition coefficient (Wildman–Crippen LogP) is 5.05. The van der Waals surface area contributed by atoms with Gasteiger partial charge in [-0.05, 0) is 66.6 Å². The zero-order chi connectivity index (χ0) is 23.3. The maximum atomic E-state index is 12.7. The van der Waals surface area contributed by atoms with E-state index in [4.69, 9.17) is 14.6 Å². The number of likely N-dealkylation sites (N-methyl/N-ethyl adjacent to an activating group) is 1. The van der Waals surface area contributed by atoms with E-state index in [0.717, 1.165) is 5.56 Å². The van der Waals surface area contributed by atoms with Crippen LogP contribution in [0.25, 0.3) is 6.08 Å². The maximum absolute atomic E-state index is 12.7. The molecule has 1 aliphatic heterocycles. The van der Waals surface area contributed by atoms with Gasteiger partial charge in [0.1, 0.15) is 0 Å². The Morgan fingerprint density at radius 2 is 1.97 bits per heavy atom. The third-order valence-corrected chi connectivity index (χ3v) is 5.52. The van der Waals surface area contributed by atoms with Crippen LogP contribution in [0, 0.1) is 5.92 Å². The molecule has 0 atom stereocenters. The van der Waals surface area contributed by atoms with Crippen molar-refractivity contribution in [3.63, 3.8) is 0 Å². The standard InChI is InChI=1S/C24H26N2O5S/c1-5-30-20-11-16(9-10-19(20)31-14-15(2)3)12-21-22(27)26(4)24(32-21)25-18-8-6-7-17(13-18)23(28)29/h6-13,15H,5,14H2,1-4H3,(H,28,29)/b21-12+,25-24?. The normalized spacial score (nSPS) is 16.3. The highest BCUT2D eigenvalue weighted by Crippen LogP contribution is 2.35. The Morgan fingerprint density at radius 1 is 1.19 bits per heavy atom. The van der Waals surface area contributed by atoms with Gasteiger partial charge in [0.25, 0.3) is 5.91 Å². The molecular formula is C24H26N2O5S. The summed E-state index contributed by atoms with van der Waals surface area (Å²) in [6.45, 7) is 7.15. The minimum atomic E-state index is -1.03. The van der Waals surface area contributed by atoms with Crippen molar-refractivity contribution in [2.75, 3.05) is 20.3 Å². The highest BCUT2D eigenvalue weighted by Gasteiger charge is 2.30. The summed E-state index contributed by atoms with van der Waals surface area (Å²) in [4.78, 5) is 30.4. The van der Waals surface area contributed by atoms with E-state index in [0.29, 0.717) is 46.4 Å². The SMILES string of the molecule is CCOc1cc(/C=C2/SC(=Nc3cccc(C(=O)O)c3)N(C)C2=O)ccc1OCC(C)C. The Kier molecular flexibility index (Phi) is 7.58. The number of carboxylic acids is 1. The molecule has 2 aromatic rings. The zero-order valence-corrected chi connectivity index (χ0v) is 19.3. The van der Waals surface area contributed by atoms with Crippen LogP contribution >= 0.6 is 11.8 Å². The number of amides is 1. The Hall–Kier alpha value is -3.26. The van der Waals surface area contributed by atoms with Gasteiger partial charge in [-0.25, -0.2) is 9.79 Å². The molecule has 0 unspecified atom stereocenters. The minimum absolute atomic E-state index is 0.142. The second-order valence-corrected chi connectivity index (χ2v) is 8.58. The molecule has 0 saturated carbocycles. The van der Waals surface area contributed by atoms with Crippen molar-refractivity contribution < 1.29 is 24.2 Å². The van der Waals surface area contributed by atoms with E-state index < -0.39 is 5.97 Å². The third kappa shape index (κ3) is 5.70. The van der Waals surface area contributed by atoms with E-state index in [1.807, 2.05) is 25.1 Å². The summed E-state index contributed by atoms with van der Waals surface area (Å²) in [7, 11) is 1.64. The average molecular weight is 455 g/mol. The van der Waals surface area contributed by atoms with Gasteiger partial charge in [0, 0.05) is 7.05 Å². The van der Waals surface area contributed by atoms with E-state index in [9.17, 15) is 9.59 Å². The van der Waals surface area contributed by atoms with Crippen molar-refractivity contribution in [2.45, 2.75) is 20.8 Å². The van der Waals surface area contributed by atoms with Gasteiger partial charge in [-0.1, -0.05) is 26.0 Å². The van der Waals surface area contributed by atoms with Crippen LogP contribution in [0.3, 0.4) is 0 Å². The molecule has 8 heteroatoms. The Morgan fingerprint density at radius 3 is 2.66 bits per heavy atom. The molecule has 0 aliphatic carbocycles. The maximum Gasteiger partial charge on any atom is 0.335 e. The first-order chi connectivity index (χ1) is 15.3. The summed E-state index contributed by atoms with van der Waals surface area (Å²) >= 11 is 1.24. The molecule has 0 radical (unpaired) electrons. The number of carboxylic acid groups (broad SMARTS) is 1. The van der Waals surface area contributed by atoms with Gasteiger partial charge in [-0.3, -0.25) is 9.69 Å². The fourth-order valence-electron chi connectivity index (χ4n) is 2.88. The molecule has 0 spiro atoms. The lowest BCUT2D eigenvalue weighted by Crippen LogP contribution is -2.23. The van der Waals surface area contributed by atoms with Crippen molar-refractivity contribution in [2.24, 2.45) is 10.9 Å². The smallest absolute Gasteiger partial charge is 0.335 e. The summed E-state index contributed by atoms with van der Waals surface area (Å²) in [6.07, 6.45) is 1.79. The molecule has 0 bridgehead atoms. The molecule has 1 fully saturated rings. The average Bonchev–Trinajstić information content (AvgIpc) is 3.01. The number of aromatic carboxylic acids is 1. The molecule has 1 heterocycles. The molecule has 1 aliphatic rings. The first kappa shape index (κ1) is 23.4. The lowest BCUT2D eigenvalue weighted by atomic mass is 10.1. The van der Waals surface area contributed by atoms with Crippen LogP contribution in [0.2, 0.25) is 0 Å². The first-order valence-electron chi connectivity index (χ1n) is 10.3. The Labute approximate surface area is 191 Å². The molecule has 7 nitrogen and oxygen atoms in total. The Bertz CT molecular complexity index is 1080. The number of hydrogen-bond acceptors (Lipinski definition) is 6. The van der Waals surface area contributed by atoms with E-state index >= 15 is 0 Å². The first-order valence-corrected chi connectivity index (χ1v) is 11.1. The van der Waals surface area contributed by atoms with Crippen molar-refractivity contribution in [1.29, 1.82) is 0 Å². The number of thioether (sulfide) groups is 1. The number of nitrogens with zero attached hydrogens (tertiary/aromatic N) is 2. The van der Waals surface area contributed by atoms with Crippen molar-refractivity contribution in [1.82, 2.24) is 4.90 Å². The number of hydrogen-bond donors (Lipinski definition) is 1. The second kappa shape index (κ2) is 10.4. The van der Waals surface area contributed by atoms with Crippen LogP contribution in [-0.4, -0.2) is 47.3 Å². The molecule has 32 heavy (non-hydrogen) atoms. The van der Waals surface area contributed by atoms with Gasteiger partial charge < -0.3 is 14.6 Å². The molecule has 0 aromatic heterocycles. The van der Waals surface area contributed by atoms with E-state index in [1.165, 1.54) is 28.8 Å². The lowest BCUT2D eigenvalue weighted by molar-refractivity contribution is -0.121. The number of ether oxygens (including phenoxy) is 2. The van der Waals surface area contributed by atoms with Crippen LogP contribution < -0.4 is 9.47 Å². The van der Waals surface area contributed by atoms with Gasteiger partial charge in [-0.2, -0.15) is 0 Å². The molecule has 2 aromatic carbocycles. The van der Waals surface area contributed by atoms with Crippen molar-refractivity contribution in [3.05, 3.63) is 58.5 Å². The van der Waals surface area contributed by atoms with Gasteiger partial charge in [0.05, 0.1) is 29.4 Å². The van der Waals surface area contributed by atoms with Crippen molar-refractivity contribution in [3.8, 4) is 11.5 Å². The van der Waals surface area contributed by atoms with Gasteiger partial charge in [0.2, 0.25) is 0 Å². The number of rotatable bonds is 8. The summed E-state index contributed by atoms with van der Waals surface area (Å²) in [5.41, 5.74) is 1.42. The zero-order valence-electron chi connectivity index (χ0n) is 18.5. The number of benzene rings is 2. The highest BCUT2D eigenvalue weighted by molar-refractivity contribution is 8.18. The summed E-state index contributed by atoms with van der Waals surface area (Å²) in [6, 6.07) is 11.9. The molecular weight excluding hydrogens is 428 g/mol. The topological polar surface area (TPSA) is 88.4 Å². The van der Waals surface area contributed by atoms with Gasteiger partial charge >= 0.3 is 5.97 Å². The quantitative estimate of drug-likeness (QED) is 0.562. The molecule has 168 valence electrons. The van der Waals surface area contributed by atoms with Gasteiger partial charge in [-0.15, -0.1) is 0 Å². The summed E-state index contributed by atoms with van der Waals surface area (Å²) in [5, 5.41) is 9.64. The lowest BCUT2D eigenvalue weighted by Gasteiger charge is -2.14. The fraction of sp³-hybridized carbons (Fsp3) is 0.292.